The summed E-state index contributed by atoms with van der Waals surface area (Å²) in [6.45, 7) is 0.733. The third-order valence-electron chi connectivity index (χ3n) is 7.31. The van der Waals surface area contributed by atoms with Crippen LogP contribution in [-0.2, 0) is 11.3 Å². The summed E-state index contributed by atoms with van der Waals surface area (Å²) in [6.07, 6.45) is 6.43. The summed E-state index contributed by atoms with van der Waals surface area (Å²) >= 11 is 5.14. The number of carbonyl (C=O) groups is 2. The molecule has 6 nitrogen and oxygen atoms in total. The Morgan fingerprint density at radius 1 is 1.00 bits per heavy atom. The van der Waals surface area contributed by atoms with E-state index in [0.717, 1.165) is 26.5 Å². The number of nitrogens with one attached hydrogen (secondary N) is 1. The lowest BCUT2D eigenvalue weighted by Crippen LogP contribution is -2.26. The summed E-state index contributed by atoms with van der Waals surface area (Å²) in [4.78, 5) is 30.4. The third-order valence-corrected chi connectivity index (χ3v) is 8.66. The highest BCUT2D eigenvalue weighted by Gasteiger charge is 2.18. The standard InChI is InChI=1S/C32H32BrN3O3S/c33-27-8-4-7-26(19-27)29-21-40-32(35-29)36(20-22-9-11-24(12-10-22)23-5-2-1-3-6-23)28-15-13-25(14-16-28)31(39)34-18-17-30(37)38/h4,7-16,19,21,23H,1-3,5-6,17-18,20H2,(H,34,39)(H,37,38). The van der Waals surface area contributed by atoms with Gasteiger partial charge in [0.25, 0.3) is 5.91 Å². The molecule has 0 atom stereocenters. The molecule has 1 aromatic heterocycles. The van der Waals surface area contributed by atoms with Gasteiger partial charge >= 0.3 is 5.97 Å². The van der Waals surface area contributed by atoms with Crippen molar-refractivity contribution in [1.29, 1.82) is 0 Å². The molecule has 0 bridgehead atoms. The van der Waals surface area contributed by atoms with E-state index in [-0.39, 0.29) is 18.9 Å². The average Bonchev–Trinajstić information content (AvgIpc) is 3.47. The molecule has 206 valence electrons. The summed E-state index contributed by atoms with van der Waals surface area (Å²) in [5, 5.41) is 14.4. The highest BCUT2D eigenvalue weighted by Crippen LogP contribution is 2.36. The molecule has 1 amide bonds. The SMILES string of the molecule is O=C(O)CCNC(=O)c1ccc(N(Cc2ccc(C3CCCCC3)cc2)c2nc(-c3cccc(Br)c3)cs2)cc1. The molecule has 2 N–H and O–H groups in total. The zero-order valence-corrected chi connectivity index (χ0v) is 24.6. The van der Waals surface area contributed by atoms with Gasteiger partial charge < -0.3 is 15.3 Å². The quantitative estimate of drug-likeness (QED) is 0.187. The van der Waals surface area contributed by atoms with Crippen LogP contribution >= 0.6 is 27.3 Å². The number of hydrogen-bond donors (Lipinski definition) is 2. The molecule has 1 heterocycles. The molecule has 4 aromatic rings. The summed E-state index contributed by atoms with van der Waals surface area (Å²) in [6, 6.07) is 24.5. The first-order chi connectivity index (χ1) is 19.5. The Morgan fingerprint density at radius 3 is 2.45 bits per heavy atom. The normalized spacial score (nSPS) is 13.6. The number of amides is 1. The van der Waals surface area contributed by atoms with Crippen LogP contribution in [0.15, 0.2) is 82.6 Å². The number of carboxylic acids is 1. The van der Waals surface area contributed by atoms with Gasteiger partial charge in [-0.1, -0.05) is 71.6 Å². The van der Waals surface area contributed by atoms with Gasteiger partial charge in [0.1, 0.15) is 0 Å². The van der Waals surface area contributed by atoms with Gasteiger partial charge in [-0.15, -0.1) is 11.3 Å². The minimum Gasteiger partial charge on any atom is -0.481 e. The molecule has 3 aromatic carbocycles. The highest BCUT2D eigenvalue weighted by atomic mass is 79.9. The molecule has 0 unspecified atom stereocenters. The van der Waals surface area contributed by atoms with Gasteiger partial charge in [-0.3, -0.25) is 9.59 Å². The molecular weight excluding hydrogens is 586 g/mol. The van der Waals surface area contributed by atoms with Crippen LogP contribution in [-0.4, -0.2) is 28.5 Å². The Morgan fingerprint density at radius 2 is 1.75 bits per heavy atom. The maximum atomic E-state index is 12.5. The predicted molar refractivity (Wildman–Crippen MR) is 164 cm³/mol. The van der Waals surface area contributed by atoms with Crippen molar-refractivity contribution >= 4 is 50.0 Å². The van der Waals surface area contributed by atoms with Crippen LogP contribution in [0.5, 0.6) is 0 Å². The molecule has 1 saturated carbocycles. The van der Waals surface area contributed by atoms with Crippen LogP contribution in [0, 0.1) is 0 Å². The number of aromatic nitrogens is 1. The maximum Gasteiger partial charge on any atom is 0.305 e. The molecule has 0 spiro atoms. The molecule has 1 aliphatic carbocycles. The van der Waals surface area contributed by atoms with Crippen LogP contribution in [0.3, 0.4) is 0 Å². The topological polar surface area (TPSA) is 82.5 Å². The molecule has 0 aliphatic heterocycles. The Balaban J connectivity index is 1.39. The van der Waals surface area contributed by atoms with Crippen LogP contribution in [0.25, 0.3) is 11.3 Å². The number of halogens is 1. The molecule has 1 aliphatic rings. The van der Waals surface area contributed by atoms with E-state index in [2.05, 4.69) is 67.9 Å². The van der Waals surface area contributed by atoms with Crippen LogP contribution in [0.1, 0.15) is 65.9 Å². The van der Waals surface area contributed by atoms with Crippen molar-refractivity contribution in [3.8, 4) is 11.3 Å². The number of aliphatic carboxylic acids is 1. The third kappa shape index (κ3) is 7.17. The Kier molecular flexibility index (Phi) is 9.29. The van der Waals surface area contributed by atoms with Gasteiger partial charge in [-0.25, -0.2) is 4.98 Å². The lowest BCUT2D eigenvalue weighted by Gasteiger charge is -2.24. The number of carbonyl (C=O) groups excluding carboxylic acids is 1. The Hall–Kier alpha value is -3.49. The zero-order chi connectivity index (χ0) is 27.9. The second-order valence-corrected chi connectivity index (χ2v) is 11.9. The fourth-order valence-corrected chi connectivity index (χ4v) is 6.38. The number of nitrogens with zero attached hydrogens (tertiary/aromatic N) is 2. The van der Waals surface area contributed by atoms with Crippen molar-refractivity contribution in [3.63, 3.8) is 0 Å². The van der Waals surface area contributed by atoms with E-state index in [0.29, 0.717) is 18.0 Å². The molecule has 8 heteroatoms. The van der Waals surface area contributed by atoms with Gasteiger partial charge in [-0.05, 0) is 66.3 Å². The van der Waals surface area contributed by atoms with Gasteiger partial charge in [0, 0.05) is 33.2 Å². The molecule has 0 saturated heterocycles. The van der Waals surface area contributed by atoms with Crippen molar-refractivity contribution in [1.82, 2.24) is 10.3 Å². The summed E-state index contributed by atoms with van der Waals surface area (Å²) in [7, 11) is 0. The van der Waals surface area contributed by atoms with E-state index in [9.17, 15) is 9.59 Å². The fraction of sp³-hybridized carbons (Fsp3) is 0.281. The molecule has 0 radical (unpaired) electrons. The van der Waals surface area contributed by atoms with Crippen LogP contribution < -0.4 is 10.2 Å². The van der Waals surface area contributed by atoms with E-state index in [1.54, 1.807) is 23.5 Å². The number of benzene rings is 3. The summed E-state index contributed by atoms with van der Waals surface area (Å²) in [5.74, 6) is -0.563. The van der Waals surface area contributed by atoms with Crippen LogP contribution in [0.4, 0.5) is 10.8 Å². The summed E-state index contributed by atoms with van der Waals surface area (Å²) < 4.78 is 1.01. The first kappa shape index (κ1) is 28.1. The lowest BCUT2D eigenvalue weighted by atomic mass is 9.84. The van der Waals surface area contributed by atoms with Gasteiger partial charge in [0.05, 0.1) is 18.7 Å². The first-order valence-electron chi connectivity index (χ1n) is 13.6. The van der Waals surface area contributed by atoms with Gasteiger partial charge in [0.15, 0.2) is 5.13 Å². The van der Waals surface area contributed by atoms with E-state index in [1.165, 1.54) is 43.2 Å². The molecular formula is C32H32BrN3O3S. The van der Waals surface area contributed by atoms with Crippen molar-refractivity contribution in [3.05, 3.63) is 99.3 Å². The summed E-state index contributed by atoms with van der Waals surface area (Å²) in [5.41, 5.74) is 5.98. The smallest absolute Gasteiger partial charge is 0.305 e. The van der Waals surface area contributed by atoms with E-state index >= 15 is 0 Å². The van der Waals surface area contributed by atoms with Gasteiger partial charge in [-0.2, -0.15) is 0 Å². The Bertz CT molecular complexity index is 1450. The zero-order valence-electron chi connectivity index (χ0n) is 22.2. The van der Waals surface area contributed by atoms with Crippen molar-refractivity contribution in [2.75, 3.05) is 11.4 Å². The Labute approximate surface area is 247 Å². The molecule has 40 heavy (non-hydrogen) atoms. The maximum absolute atomic E-state index is 12.5. The second kappa shape index (κ2) is 13.2. The van der Waals surface area contributed by atoms with E-state index in [4.69, 9.17) is 10.1 Å². The highest BCUT2D eigenvalue weighted by molar-refractivity contribution is 9.10. The molecule has 5 rings (SSSR count). The van der Waals surface area contributed by atoms with E-state index in [1.807, 2.05) is 24.3 Å². The number of carboxylic acid groups (broad SMARTS) is 1. The van der Waals surface area contributed by atoms with Crippen molar-refractivity contribution < 1.29 is 14.7 Å². The average molecular weight is 619 g/mol. The second-order valence-electron chi connectivity index (χ2n) is 10.1. The first-order valence-corrected chi connectivity index (χ1v) is 15.3. The van der Waals surface area contributed by atoms with Crippen molar-refractivity contribution in [2.24, 2.45) is 0 Å². The number of hydrogen-bond acceptors (Lipinski definition) is 5. The van der Waals surface area contributed by atoms with Gasteiger partial charge in [0.2, 0.25) is 0 Å². The van der Waals surface area contributed by atoms with Crippen LogP contribution in [0.2, 0.25) is 0 Å². The fourth-order valence-electron chi connectivity index (χ4n) is 5.13. The minimum atomic E-state index is -0.941. The predicted octanol–water partition coefficient (Wildman–Crippen LogP) is 8.16. The number of thiazole rings is 1. The largest absolute Gasteiger partial charge is 0.481 e. The minimum absolute atomic E-state index is 0.0936. The monoisotopic (exact) mass is 617 g/mol. The van der Waals surface area contributed by atoms with Crippen molar-refractivity contribution in [2.45, 2.75) is 51.0 Å². The number of rotatable bonds is 10. The number of anilines is 2. The molecule has 1 fully saturated rings. The van der Waals surface area contributed by atoms with E-state index < -0.39 is 5.97 Å². The lowest BCUT2D eigenvalue weighted by molar-refractivity contribution is -0.136.